The van der Waals surface area contributed by atoms with Gasteiger partial charge in [0.05, 0.1) is 5.56 Å². The molecule has 0 bridgehead atoms. The first-order valence-corrected chi connectivity index (χ1v) is 10.0. The van der Waals surface area contributed by atoms with Crippen LogP contribution >= 0.6 is 11.3 Å². The minimum absolute atomic E-state index is 0.00295. The molecule has 0 spiro atoms. The molecular formula is C21H21N3O2S. The number of amides is 1. The summed E-state index contributed by atoms with van der Waals surface area (Å²) in [5.74, 6) is 1.58. The van der Waals surface area contributed by atoms with Crippen LogP contribution in [0.15, 0.2) is 46.9 Å². The third-order valence-electron chi connectivity index (χ3n) is 5.21. The molecule has 27 heavy (non-hydrogen) atoms. The van der Waals surface area contributed by atoms with Crippen LogP contribution in [0.3, 0.4) is 0 Å². The molecule has 4 heterocycles. The first kappa shape index (κ1) is 16.6. The van der Waals surface area contributed by atoms with Gasteiger partial charge in [-0.2, -0.15) is 0 Å². The summed E-state index contributed by atoms with van der Waals surface area (Å²) in [4.78, 5) is 16.5. The smallest absolute Gasteiger partial charge is 0.256 e. The Labute approximate surface area is 162 Å². The highest BCUT2D eigenvalue weighted by Crippen LogP contribution is 2.41. The molecule has 5 rings (SSSR count). The Bertz CT molecular complexity index is 992. The molecule has 1 atom stereocenters. The molecule has 2 aliphatic heterocycles. The van der Waals surface area contributed by atoms with E-state index in [1.807, 2.05) is 25.1 Å². The molecule has 2 N–H and O–H groups in total. The maximum absolute atomic E-state index is 12.8. The normalized spacial score (nSPS) is 19.1. The van der Waals surface area contributed by atoms with Crippen molar-refractivity contribution in [2.45, 2.75) is 32.6 Å². The van der Waals surface area contributed by atoms with Crippen molar-refractivity contribution in [2.75, 3.05) is 11.9 Å². The maximum atomic E-state index is 12.8. The van der Waals surface area contributed by atoms with Crippen LogP contribution in [0.2, 0.25) is 0 Å². The number of nitrogens with one attached hydrogen (secondary N) is 2. The molecule has 0 radical (unpaired) electrons. The monoisotopic (exact) mass is 379 g/mol. The number of rotatable bonds is 3. The molecule has 1 amide bonds. The molecular weight excluding hydrogens is 358 g/mol. The Morgan fingerprint density at radius 3 is 2.81 bits per heavy atom. The van der Waals surface area contributed by atoms with Crippen LogP contribution in [0.25, 0.3) is 0 Å². The van der Waals surface area contributed by atoms with Crippen LogP contribution in [0.4, 0.5) is 5.00 Å². The Kier molecular flexibility index (Phi) is 4.02. The molecule has 0 saturated heterocycles. The lowest BCUT2D eigenvalue weighted by atomic mass is 10.0. The molecule has 0 fully saturated rings. The Hall–Kier alpha value is -2.57. The predicted octanol–water partition coefficient (Wildman–Crippen LogP) is 4.06. The summed E-state index contributed by atoms with van der Waals surface area (Å²) in [6, 6.07) is 14.4. The minimum Gasteiger partial charge on any atom is -0.462 e. The Balaban J connectivity index is 1.38. The number of furan rings is 1. The van der Waals surface area contributed by atoms with Crippen LogP contribution in [0.5, 0.6) is 0 Å². The van der Waals surface area contributed by atoms with Gasteiger partial charge in [0, 0.05) is 24.5 Å². The number of carbonyl (C=O) groups excluding carboxylic acids is 1. The van der Waals surface area contributed by atoms with E-state index < -0.39 is 0 Å². The highest BCUT2D eigenvalue weighted by Gasteiger charge is 2.34. The lowest BCUT2D eigenvalue weighted by Gasteiger charge is -2.28. The van der Waals surface area contributed by atoms with Crippen molar-refractivity contribution < 1.29 is 9.21 Å². The third-order valence-corrected chi connectivity index (χ3v) is 6.36. The zero-order valence-electron chi connectivity index (χ0n) is 15.1. The van der Waals surface area contributed by atoms with Gasteiger partial charge in [0.25, 0.3) is 5.91 Å². The van der Waals surface area contributed by atoms with Gasteiger partial charge in [0.2, 0.25) is 0 Å². The molecule has 5 nitrogen and oxygen atoms in total. The molecule has 6 heteroatoms. The number of hydrogen-bond donors (Lipinski definition) is 2. The minimum atomic E-state index is -0.306. The van der Waals surface area contributed by atoms with Crippen molar-refractivity contribution in [3.8, 4) is 0 Å². The fourth-order valence-electron chi connectivity index (χ4n) is 3.90. The van der Waals surface area contributed by atoms with Gasteiger partial charge in [-0.15, -0.1) is 11.3 Å². The van der Waals surface area contributed by atoms with E-state index in [1.54, 1.807) is 11.3 Å². The van der Waals surface area contributed by atoms with Crippen molar-refractivity contribution in [3.05, 3.63) is 75.6 Å². The van der Waals surface area contributed by atoms with Crippen molar-refractivity contribution in [3.63, 3.8) is 0 Å². The predicted molar refractivity (Wildman–Crippen MR) is 106 cm³/mol. The van der Waals surface area contributed by atoms with Crippen molar-refractivity contribution in [1.82, 2.24) is 10.2 Å². The van der Waals surface area contributed by atoms with E-state index >= 15 is 0 Å². The number of nitrogens with zero attached hydrogens (tertiary/aromatic N) is 1. The Morgan fingerprint density at radius 1 is 1.19 bits per heavy atom. The fourth-order valence-corrected chi connectivity index (χ4v) is 5.21. The summed E-state index contributed by atoms with van der Waals surface area (Å²) in [5.41, 5.74) is 3.36. The largest absolute Gasteiger partial charge is 0.462 e. The van der Waals surface area contributed by atoms with Gasteiger partial charge in [-0.25, -0.2) is 0 Å². The zero-order chi connectivity index (χ0) is 18.4. The van der Waals surface area contributed by atoms with E-state index in [-0.39, 0.29) is 12.1 Å². The van der Waals surface area contributed by atoms with E-state index in [0.29, 0.717) is 0 Å². The first-order chi connectivity index (χ1) is 13.2. The molecule has 2 aromatic heterocycles. The second-order valence-electron chi connectivity index (χ2n) is 7.15. The maximum Gasteiger partial charge on any atom is 0.256 e. The van der Waals surface area contributed by atoms with Crippen LogP contribution in [-0.2, 0) is 19.5 Å². The fraction of sp³-hybridized carbons (Fsp3) is 0.286. The standard InChI is InChI=1S/C21H21N3O2S/c1-13-7-8-16(26-13)19-22-20(25)18-15-9-10-24(11-14-5-3-2-4-6-14)12-17(15)27-21(18)23-19/h2-8,19,23H,9-12H2,1H3,(H,22,25)/t19-/m1/s1. The van der Waals surface area contributed by atoms with Crippen LogP contribution in [-0.4, -0.2) is 17.4 Å². The number of benzene rings is 1. The summed E-state index contributed by atoms with van der Waals surface area (Å²) in [6.45, 7) is 4.71. The highest BCUT2D eigenvalue weighted by atomic mass is 32.1. The molecule has 2 aliphatic rings. The average molecular weight is 379 g/mol. The quantitative estimate of drug-likeness (QED) is 0.720. The lowest BCUT2D eigenvalue weighted by molar-refractivity contribution is 0.0929. The summed E-state index contributed by atoms with van der Waals surface area (Å²) >= 11 is 1.71. The van der Waals surface area contributed by atoms with Crippen molar-refractivity contribution in [1.29, 1.82) is 0 Å². The number of aryl methyl sites for hydroxylation is 1. The van der Waals surface area contributed by atoms with Gasteiger partial charge in [0.15, 0.2) is 6.17 Å². The average Bonchev–Trinajstić information content (AvgIpc) is 3.25. The Morgan fingerprint density at radius 2 is 2.04 bits per heavy atom. The second kappa shape index (κ2) is 6.55. The number of hydrogen-bond acceptors (Lipinski definition) is 5. The number of anilines is 1. The summed E-state index contributed by atoms with van der Waals surface area (Å²) in [6.07, 6.45) is 0.604. The molecule has 1 aromatic carbocycles. The van der Waals surface area contributed by atoms with Gasteiger partial charge >= 0.3 is 0 Å². The van der Waals surface area contributed by atoms with Crippen LogP contribution in [0.1, 0.15) is 44.0 Å². The van der Waals surface area contributed by atoms with Gasteiger partial charge in [0.1, 0.15) is 16.5 Å². The number of carbonyl (C=O) groups is 1. The van der Waals surface area contributed by atoms with E-state index in [9.17, 15) is 4.79 Å². The van der Waals surface area contributed by atoms with Crippen molar-refractivity contribution >= 4 is 22.2 Å². The van der Waals surface area contributed by atoms with Crippen LogP contribution in [0, 0.1) is 6.92 Å². The zero-order valence-corrected chi connectivity index (χ0v) is 15.9. The summed E-state index contributed by atoms with van der Waals surface area (Å²) in [5, 5.41) is 7.45. The van der Waals surface area contributed by atoms with E-state index in [2.05, 4.69) is 39.8 Å². The highest BCUT2D eigenvalue weighted by molar-refractivity contribution is 7.16. The van der Waals surface area contributed by atoms with Gasteiger partial charge in [-0.1, -0.05) is 30.3 Å². The van der Waals surface area contributed by atoms with Crippen LogP contribution < -0.4 is 10.6 Å². The number of thiophene rings is 1. The molecule has 138 valence electrons. The molecule has 3 aromatic rings. The number of fused-ring (bicyclic) bond motifs is 3. The van der Waals surface area contributed by atoms with E-state index in [0.717, 1.165) is 48.1 Å². The lowest BCUT2D eigenvalue weighted by Crippen LogP contribution is -2.38. The van der Waals surface area contributed by atoms with Gasteiger partial charge < -0.3 is 15.1 Å². The van der Waals surface area contributed by atoms with Gasteiger partial charge in [-0.05, 0) is 36.6 Å². The molecule has 0 aliphatic carbocycles. The first-order valence-electron chi connectivity index (χ1n) is 9.22. The SMILES string of the molecule is Cc1ccc([C@@H]2NC(=O)c3c(sc4c3CCN(Cc3ccccc3)C4)N2)o1. The third kappa shape index (κ3) is 3.05. The summed E-state index contributed by atoms with van der Waals surface area (Å²) in [7, 11) is 0. The summed E-state index contributed by atoms with van der Waals surface area (Å²) < 4.78 is 5.69. The molecule has 0 saturated carbocycles. The van der Waals surface area contributed by atoms with E-state index in [1.165, 1.54) is 16.0 Å². The van der Waals surface area contributed by atoms with Gasteiger partial charge in [-0.3, -0.25) is 9.69 Å². The second-order valence-corrected chi connectivity index (χ2v) is 8.26. The molecule has 0 unspecified atom stereocenters. The topological polar surface area (TPSA) is 57.5 Å². The van der Waals surface area contributed by atoms with Crippen molar-refractivity contribution in [2.24, 2.45) is 0 Å². The van der Waals surface area contributed by atoms with E-state index in [4.69, 9.17) is 4.42 Å².